The zero-order valence-corrected chi connectivity index (χ0v) is 9.24. The van der Waals surface area contributed by atoms with Crippen LogP contribution in [0.2, 0.25) is 0 Å². The first-order valence-corrected chi connectivity index (χ1v) is 5.57. The van der Waals surface area contributed by atoms with Crippen molar-refractivity contribution in [3.05, 3.63) is 29.8 Å². The summed E-state index contributed by atoms with van der Waals surface area (Å²) in [5, 5.41) is 2.80. The van der Waals surface area contributed by atoms with Gasteiger partial charge in [0.15, 0.2) is 5.82 Å². The van der Waals surface area contributed by atoms with Crippen LogP contribution in [0, 0.1) is 11.7 Å². The average Bonchev–Trinajstić information content (AvgIpc) is 3.01. The third kappa shape index (κ3) is 2.78. The largest absolute Gasteiger partial charge is 0.349 e. The van der Waals surface area contributed by atoms with Gasteiger partial charge in [0.05, 0.1) is 11.8 Å². The highest BCUT2D eigenvalue weighted by Gasteiger charge is 2.24. The molecule has 4 heteroatoms. The molecule has 0 aromatic carbocycles. The average molecular weight is 222 g/mol. The summed E-state index contributed by atoms with van der Waals surface area (Å²) in [5.74, 6) is -0.177. The normalized spacial score (nSPS) is 16.9. The number of aromatic nitrogens is 1. The van der Waals surface area contributed by atoms with Gasteiger partial charge in [-0.2, -0.15) is 0 Å². The van der Waals surface area contributed by atoms with Crippen LogP contribution in [0.1, 0.15) is 36.5 Å². The molecule has 2 rings (SSSR count). The molecule has 1 fully saturated rings. The van der Waals surface area contributed by atoms with E-state index in [-0.39, 0.29) is 17.5 Å². The fourth-order valence-corrected chi connectivity index (χ4v) is 1.77. The monoisotopic (exact) mass is 222 g/mol. The lowest BCUT2D eigenvalue weighted by molar-refractivity contribution is 0.0933. The molecule has 1 unspecified atom stereocenters. The van der Waals surface area contributed by atoms with E-state index in [1.807, 2.05) is 6.92 Å². The fourth-order valence-electron chi connectivity index (χ4n) is 1.77. The summed E-state index contributed by atoms with van der Waals surface area (Å²) >= 11 is 0. The van der Waals surface area contributed by atoms with Crippen LogP contribution in [0.5, 0.6) is 0 Å². The second-order valence-electron chi connectivity index (χ2n) is 4.41. The molecule has 1 N–H and O–H groups in total. The van der Waals surface area contributed by atoms with E-state index in [1.54, 1.807) is 0 Å². The highest BCUT2D eigenvalue weighted by Crippen LogP contribution is 2.33. The maximum atomic E-state index is 13.2. The molecule has 1 aromatic rings. The standard InChI is InChI=1S/C12H15FN2O/c1-8(6-9-2-3-9)15-12(16)10-4-5-14-7-11(10)13/h4-5,7-9H,2-3,6H2,1H3,(H,15,16). The van der Waals surface area contributed by atoms with Crippen LogP contribution >= 0.6 is 0 Å². The van der Waals surface area contributed by atoms with Gasteiger partial charge >= 0.3 is 0 Å². The van der Waals surface area contributed by atoms with Gasteiger partial charge in [-0.15, -0.1) is 0 Å². The first-order chi connectivity index (χ1) is 7.66. The Bertz CT molecular complexity index is 390. The van der Waals surface area contributed by atoms with Crippen molar-refractivity contribution in [1.29, 1.82) is 0 Å². The Morgan fingerprint density at radius 3 is 3.06 bits per heavy atom. The molecule has 1 aliphatic rings. The summed E-state index contributed by atoms with van der Waals surface area (Å²) in [6, 6.07) is 1.50. The predicted octanol–water partition coefficient (Wildman–Crippen LogP) is 2.14. The van der Waals surface area contributed by atoms with Gasteiger partial charge in [-0.25, -0.2) is 4.39 Å². The molecule has 1 saturated carbocycles. The molecule has 1 atom stereocenters. The fraction of sp³-hybridized carbons (Fsp3) is 0.500. The van der Waals surface area contributed by atoms with Crippen LogP contribution in [0.15, 0.2) is 18.5 Å². The van der Waals surface area contributed by atoms with E-state index in [0.717, 1.165) is 18.5 Å². The van der Waals surface area contributed by atoms with E-state index in [2.05, 4.69) is 10.3 Å². The maximum absolute atomic E-state index is 13.2. The van der Waals surface area contributed by atoms with E-state index in [1.165, 1.54) is 25.1 Å². The second kappa shape index (κ2) is 4.60. The van der Waals surface area contributed by atoms with Crippen LogP contribution < -0.4 is 5.32 Å². The summed E-state index contributed by atoms with van der Waals surface area (Å²) in [5.41, 5.74) is 0.0673. The first kappa shape index (κ1) is 11.0. The SMILES string of the molecule is CC(CC1CC1)NC(=O)c1ccncc1F. The van der Waals surface area contributed by atoms with E-state index in [4.69, 9.17) is 0 Å². The van der Waals surface area contributed by atoms with Crippen molar-refractivity contribution in [2.45, 2.75) is 32.2 Å². The third-order valence-electron chi connectivity index (χ3n) is 2.78. The van der Waals surface area contributed by atoms with Gasteiger partial charge in [0.2, 0.25) is 0 Å². The van der Waals surface area contributed by atoms with Crippen LogP contribution in [0.25, 0.3) is 0 Å². The zero-order valence-electron chi connectivity index (χ0n) is 9.24. The van der Waals surface area contributed by atoms with Crippen molar-refractivity contribution < 1.29 is 9.18 Å². The van der Waals surface area contributed by atoms with Crippen molar-refractivity contribution in [3.63, 3.8) is 0 Å². The molecule has 1 heterocycles. The van der Waals surface area contributed by atoms with Gasteiger partial charge in [-0.1, -0.05) is 12.8 Å². The van der Waals surface area contributed by atoms with Gasteiger partial charge in [0.25, 0.3) is 5.91 Å². The molecular weight excluding hydrogens is 207 g/mol. The van der Waals surface area contributed by atoms with Gasteiger partial charge in [-0.05, 0) is 25.3 Å². The minimum absolute atomic E-state index is 0.0673. The Balaban J connectivity index is 1.94. The zero-order chi connectivity index (χ0) is 11.5. The molecule has 1 aliphatic carbocycles. The van der Waals surface area contributed by atoms with Gasteiger partial charge < -0.3 is 5.32 Å². The van der Waals surface area contributed by atoms with E-state index >= 15 is 0 Å². The Morgan fingerprint density at radius 1 is 1.69 bits per heavy atom. The Hall–Kier alpha value is -1.45. The number of hydrogen-bond donors (Lipinski definition) is 1. The topological polar surface area (TPSA) is 42.0 Å². The summed E-state index contributed by atoms with van der Waals surface area (Å²) in [6.45, 7) is 1.95. The lowest BCUT2D eigenvalue weighted by Crippen LogP contribution is -2.33. The van der Waals surface area contributed by atoms with Crippen LogP contribution in [-0.2, 0) is 0 Å². The number of pyridine rings is 1. The molecule has 3 nitrogen and oxygen atoms in total. The predicted molar refractivity (Wildman–Crippen MR) is 58.5 cm³/mol. The molecule has 16 heavy (non-hydrogen) atoms. The smallest absolute Gasteiger partial charge is 0.254 e. The van der Waals surface area contributed by atoms with Crippen LogP contribution in [0.4, 0.5) is 4.39 Å². The molecule has 0 spiro atoms. The number of nitrogens with one attached hydrogen (secondary N) is 1. The van der Waals surface area contributed by atoms with Gasteiger partial charge in [0.1, 0.15) is 0 Å². The lowest BCUT2D eigenvalue weighted by atomic mass is 10.1. The van der Waals surface area contributed by atoms with Crippen molar-refractivity contribution in [2.24, 2.45) is 5.92 Å². The Labute approximate surface area is 94.1 Å². The molecule has 0 saturated heterocycles. The second-order valence-corrected chi connectivity index (χ2v) is 4.41. The minimum atomic E-state index is -0.571. The van der Waals surface area contributed by atoms with Crippen LogP contribution in [0.3, 0.4) is 0 Å². The molecule has 0 bridgehead atoms. The van der Waals surface area contributed by atoms with Gasteiger partial charge in [0, 0.05) is 12.2 Å². The first-order valence-electron chi connectivity index (χ1n) is 5.57. The highest BCUT2D eigenvalue weighted by atomic mass is 19.1. The Morgan fingerprint density at radius 2 is 2.44 bits per heavy atom. The molecule has 1 aromatic heterocycles. The van der Waals surface area contributed by atoms with Crippen molar-refractivity contribution in [2.75, 3.05) is 0 Å². The molecule has 86 valence electrons. The number of rotatable bonds is 4. The molecule has 0 radical (unpaired) electrons. The van der Waals surface area contributed by atoms with E-state index in [0.29, 0.717) is 0 Å². The number of carbonyl (C=O) groups excluding carboxylic acids is 1. The number of carbonyl (C=O) groups is 1. The number of nitrogens with zero attached hydrogens (tertiary/aromatic N) is 1. The van der Waals surface area contributed by atoms with E-state index in [9.17, 15) is 9.18 Å². The highest BCUT2D eigenvalue weighted by molar-refractivity contribution is 5.94. The molecule has 1 amide bonds. The third-order valence-corrected chi connectivity index (χ3v) is 2.78. The summed E-state index contributed by atoms with van der Waals surface area (Å²) < 4.78 is 13.2. The quantitative estimate of drug-likeness (QED) is 0.848. The summed E-state index contributed by atoms with van der Waals surface area (Å²) in [7, 11) is 0. The lowest BCUT2D eigenvalue weighted by Gasteiger charge is -2.13. The summed E-state index contributed by atoms with van der Waals surface area (Å²) in [4.78, 5) is 15.3. The Kier molecular flexibility index (Phi) is 3.17. The van der Waals surface area contributed by atoms with Crippen molar-refractivity contribution >= 4 is 5.91 Å². The molecule has 0 aliphatic heterocycles. The van der Waals surface area contributed by atoms with E-state index < -0.39 is 5.82 Å². The number of amides is 1. The minimum Gasteiger partial charge on any atom is -0.349 e. The number of halogens is 1. The van der Waals surface area contributed by atoms with Gasteiger partial charge in [-0.3, -0.25) is 9.78 Å². The summed E-state index contributed by atoms with van der Waals surface area (Å²) in [6.07, 6.45) is 5.97. The van der Waals surface area contributed by atoms with Crippen LogP contribution in [-0.4, -0.2) is 16.9 Å². The van der Waals surface area contributed by atoms with Crippen molar-refractivity contribution in [1.82, 2.24) is 10.3 Å². The van der Waals surface area contributed by atoms with Crippen molar-refractivity contribution in [3.8, 4) is 0 Å². The maximum Gasteiger partial charge on any atom is 0.254 e. The number of hydrogen-bond acceptors (Lipinski definition) is 2. The molecular formula is C12H15FN2O.